The molecule has 3 heterocycles. The van der Waals surface area contributed by atoms with E-state index in [4.69, 9.17) is 4.74 Å². The third kappa shape index (κ3) is 6.32. The number of hydrogen-bond acceptors (Lipinski definition) is 5. The molecule has 3 unspecified atom stereocenters. The first kappa shape index (κ1) is 24.2. The number of alkyl halides is 2. The van der Waals surface area contributed by atoms with Gasteiger partial charge in [-0.25, -0.2) is 0 Å². The van der Waals surface area contributed by atoms with Gasteiger partial charge in [0.2, 0.25) is 0 Å². The van der Waals surface area contributed by atoms with E-state index in [1.54, 1.807) is 19.2 Å². The molecule has 3 aliphatic rings. The predicted octanol–water partition coefficient (Wildman–Crippen LogP) is 2.51. The number of halogens is 3. The Balaban J connectivity index is 0.00000272. The van der Waals surface area contributed by atoms with Crippen LogP contribution in [0.5, 0.6) is 5.75 Å². The summed E-state index contributed by atoms with van der Waals surface area (Å²) in [5.41, 5.74) is 0.695. The van der Waals surface area contributed by atoms with E-state index in [9.17, 15) is 8.78 Å². The minimum Gasteiger partial charge on any atom is -0.433 e. The second kappa shape index (κ2) is 11.5. The number of morpholine rings is 1. The van der Waals surface area contributed by atoms with Crippen LogP contribution in [0, 0.1) is 0 Å². The smallest absolute Gasteiger partial charge is 0.387 e. The minimum absolute atomic E-state index is 0. The number of guanidine groups is 1. The molecule has 1 aromatic rings. The molecule has 3 saturated heterocycles. The molecule has 0 saturated carbocycles. The highest BCUT2D eigenvalue weighted by molar-refractivity contribution is 14.0. The molecule has 3 atom stereocenters. The molecule has 0 aliphatic carbocycles. The Morgan fingerprint density at radius 3 is 2.90 bits per heavy atom. The topological polar surface area (TPSA) is 61.4 Å². The summed E-state index contributed by atoms with van der Waals surface area (Å²) >= 11 is 0. The lowest BCUT2D eigenvalue weighted by atomic mass is 10.2. The first-order chi connectivity index (χ1) is 14.6. The fourth-order valence-corrected chi connectivity index (χ4v) is 4.62. The van der Waals surface area contributed by atoms with E-state index >= 15 is 0 Å². The Morgan fingerprint density at radius 2 is 2.10 bits per heavy atom. The molecule has 0 amide bonds. The normalized spacial score (nSPS) is 26.5. The van der Waals surface area contributed by atoms with Crippen LogP contribution < -0.4 is 20.3 Å². The number of nitrogens with one attached hydrogen (secondary N) is 2. The van der Waals surface area contributed by atoms with E-state index in [1.165, 1.54) is 19.4 Å². The molecule has 31 heavy (non-hydrogen) atoms. The molecular formula is C21H32F2IN5O2. The van der Waals surface area contributed by atoms with Crippen molar-refractivity contribution in [3.63, 3.8) is 0 Å². The maximum atomic E-state index is 12.7. The van der Waals surface area contributed by atoms with Gasteiger partial charge in [0.1, 0.15) is 5.75 Å². The summed E-state index contributed by atoms with van der Waals surface area (Å²) in [5, 5.41) is 6.83. The number of anilines is 1. The fourth-order valence-electron chi connectivity index (χ4n) is 4.62. The average molecular weight is 551 g/mol. The van der Waals surface area contributed by atoms with Gasteiger partial charge in [0.15, 0.2) is 5.96 Å². The summed E-state index contributed by atoms with van der Waals surface area (Å²) < 4.78 is 36.1. The van der Waals surface area contributed by atoms with E-state index in [1.807, 2.05) is 12.1 Å². The molecule has 174 valence electrons. The molecule has 4 rings (SSSR count). The Morgan fingerprint density at radius 1 is 1.26 bits per heavy atom. The second-order valence-corrected chi connectivity index (χ2v) is 8.12. The number of para-hydroxylation sites is 2. The van der Waals surface area contributed by atoms with Crippen LogP contribution in [0.1, 0.15) is 19.3 Å². The average Bonchev–Trinajstić information content (AvgIpc) is 3.40. The van der Waals surface area contributed by atoms with Crippen molar-refractivity contribution in [2.24, 2.45) is 4.99 Å². The summed E-state index contributed by atoms with van der Waals surface area (Å²) in [6.45, 7) is 2.29. The van der Waals surface area contributed by atoms with Gasteiger partial charge in [-0.1, -0.05) is 12.1 Å². The van der Waals surface area contributed by atoms with Gasteiger partial charge in [-0.05, 0) is 37.9 Å². The number of benzene rings is 1. The largest absolute Gasteiger partial charge is 0.433 e. The Kier molecular flexibility index (Phi) is 8.96. The van der Waals surface area contributed by atoms with Crippen molar-refractivity contribution in [2.45, 2.75) is 44.1 Å². The van der Waals surface area contributed by atoms with Crippen molar-refractivity contribution in [3.05, 3.63) is 24.3 Å². The van der Waals surface area contributed by atoms with Gasteiger partial charge < -0.3 is 25.0 Å². The molecule has 10 heteroatoms. The molecule has 3 aliphatic heterocycles. The summed E-state index contributed by atoms with van der Waals surface area (Å²) in [4.78, 5) is 8.94. The lowest BCUT2D eigenvalue weighted by molar-refractivity contribution is -0.0495. The maximum absolute atomic E-state index is 12.7. The Labute approximate surface area is 199 Å². The minimum atomic E-state index is -2.83. The number of aliphatic imine (C=N–C) groups is 1. The van der Waals surface area contributed by atoms with Crippen LogP contribution >= 0.6 is 24.0 Å². The third-order valence-corrected chi connectivity index (χ3v) is 6.13. The number of fused-ring (bicyclic) bond motifs is 1. The van der Waals surface area contributed by atoms with Crippen LogP contribution in [0.4, 0.5) is 14.5 Å². The van der Waals surface area contributed by atoms with Crippen LogP contribution in [-0.2, 0) is 4.74 Å². The van der Waals surface area contributed by atoms with Crippen LogP contribution in [-0.4, -0.2) is 82.0 Å². The number of rotatable bonds is 6. The zero-order valence-electron chi connectivity index (χ0n) is 17.8. The van der Waals surface area contributed by atoms with Gasteiger partial charge in [-0.2, -0.15) is 8.78 Å². The molecule has 0 bridgehead atoms. The lowest BCUT2D eigenvalue weighted by Gasteiger charge is -2.35. The Hall–Kier alpha value is -1.40. The van der Waals surface area contributed by atoms with Crippen LogP contribution in [0.25, 0.3) is 0 Å². The summed E-state index contributed by atoms with van der Waals surface area (Å²) in [5.74, 6) is 0.955. The van der Waals surface area contributed by atoms with E-state index in [0.29, 0.717) is 24.8 Å². The fraction of sp³-hybridized carbons (Fsp3) is 0.667. The van der Waals surface area contributed by atoms with Crippen molar-refractivity contribution in [3.8, 4) is 5.75 Å². The molecule has 0 spiro atoms. The van der Waals surface area contributed by atoms with Gasteiger partial charge in [-0.3, -0.25) is 9.89 Å². The molecule has 1 aromatic carbocycles. The lowest BCUT2D eigenvalue weighted by Crippen LogP contribution is -2.52. The summed E-state index contributed by atoms with van der Waals surface area (Å²) in [7, 11) is 1.76. The van der Waals surface area contributed by atoms with Crippen LogP contribution in [0.15, 0.2) is 29.3 Å². The SMILES string of the molecule is CN=C(NCC1CN2CCCC2CO1)NC1CCN(c2ccccc2OC(F)F)C1.I. The van der Waals surface area contributed by atoms with Gasteiger partial charge in [0.05, 0.1) is 18.4 Å². The zero-order valence-corrected chi connectivity index (χ0v) is 20.1. The molecule has 0 aromatic heterocycles. The Bertz CT molecular complexity index is 741. The van der Waals surface area contributed by atoms with Crippen molar-refractivity contribution in [2.75, 3.05) is 51.3 Å². The zero-order chi connectivity index (χ0) is 20.9. The van der Waals surface area contributed by atoms with Crippen molar-refractivity contribution in [1.82, 2.24) is 15.5 Å². The quantitative estimate of drug-likeness (QED) is 0.322. The van der Waals surface area contributed by atoms with Crippen molar-refractivity contribution in [1.29, 1.82) is 0 Å². The van der Waals surface area contributed by atoms with Crippen LogP contribution in [0.2, 0.25) is 0 Å². The van der Waals surface area contributed by atoms with Gasteiger partial charge >= 0.3 is 6.61 Å². The van der Waals surface area contributed by atoms with Crippen LogP contribution in [0.3, 0.4) is 0 Å². The number of nitrogens with zero attached hydrogens (tertiary/aromatic N) is 3. The second-order valence-electron chi connectivity index (χ2n) is 8.12. The number of hydrogen-bond donors (Lipinski definition) is 2. The molecule has 0 radical (unpaired) electrons. The molecule has 3 fully saturated rings. The summed E-state index contributed by atoms with van der Waals surface area (Å²) in [6.07, 6.45) is 3.56. The van der Waals surface area contributed by atoms with E-state index in [0.717, 1.165) is 32.1 Å². The van der Waals surface area contributed by atoms with Gasteiger partial charge in [0.25, 0.3) is 0 Å². The number of ether oxygens (including phenoxy) is 2. The monoisotopic (exact) mass is 551 g/mol. The highest BCUT2D eigenvalue weighted by atomic mass is 127. The van der Waals surface area contributed by atoms with Gasteiger partial charge in [-0.15, -0.1) is 24.0 Å². The molecular weight excluding hydrogens is 519 g/mol. The van der Waals surface area contributed by atoms with Crippen molar-refractivity contribution < 1.29 is 18.3 Å². The highest BCUT2D eigenvalue weighted by Crippen LogP contribution is 2.31. The summed E-state index contributed by atoms with van der Waals surface area (Å²) in [6, 6.07) is 7.71. The standard InChI is InChI=1S/C21H31F2N5O2.HI/c1-24-21(25-11-17-13-27-9-4-5-16(27)14-29-17)26-15-8-10-28(12-15)18-6-2-3-7-19(18)30-20(22)23;/h2-3,6-7,15-17,20H,4-5,8-14H2,1H3,(H2,24,25,26);1H. The maximum Gasteiger partial charge on any atom is 0.387 e. The predicted molar refractivity (Wildman–Crippen MR) is 128 cm³/mol. The third-order valence-electron chi connectivity index (χ3n) is 6.13. The van der Waals surface area contributed by atoms with Gasteiger partial charge in [0, 0.05) is 45.3 Å². The highest BCUT2D eigenvalue weighted by Gasteiger charge is 2.32. The van der Waals surface area contributed by atoms with Crippen molar-refractivity contribution >= 4 is 35.6 Å². The van der Waals surface area contributed by atoms with E-state index in [-0.39, 0.29) is 41.9 Å². The first-order valence-electron chi connectivity index (χ1n) is 10.7. The van der Waals surface area contributed by atoms with E-state index < -0.39 is 6.61 Å². The van der Waals surface area contributed by atoms with E-state index in [2.05, 4.69) is 30.2 Å². The molecule has 2 N–H and O–H groups in total. The molecule has 7 nitrogen and oxygen atoms in total. The first-order valence-corrected chi connectivity index (χ1v) is 10.7.